The van der Waals surface area contributed by atoms with Gasteiger partial charge in [-0.2, -0.15) is 8.78 Å². The van der Waals surface area contributed by atoms with E-state index in [1.165, 1.54) is 30.3 Å². The fourth-order valence-corrected chi connectivity index (χ4v) is 1.82. The monoisotopic (exact) mass is 319 g/mol. The highest BCUT2D eigenvalue weighted by Gasteiger charge is 2.31. The highest BCUT2D eigenvalue weighted by atomic mass is 19.4. The summed E-state index contributed by atoms with van der Waals surface area (Å²) in [5.74, 6) is -0.592. The maximum atomic E-state index is 12.2. The molecule has 0 aliphatic rings. The Bertz CT molecular complexity index is 658. The van der Waals surface area contributed by atoms with E-state index < -0.39 is 18.7 Å². The van der Waals surface area contributed by atoms with E-state index in [1.54, 1.807) is 0 Å². The fraction of sp³-hybridized carbons (Fsp3) is 0.143. The first-order chi connectivity index (χ1) is 10.2. The lowest BCUT2D eigenvalue weighted by Gasteiger charge is -2.12. The number of hydrogen-bond donors (Lipinski definition) is 1. The molecular formula is C14H10F5NO2. The second kappa shape index (κ2) is 6.08. The Balaban J connectivity index is 2.37. The van der Waals surface area contributed by atoms with Crippen LogP contribution in [0, 0.1) is 0 Å². The van der Waals surface area contributed by atoms with Crippen molar-refractivity contribution >= 4 is 5.69 Å². The Labute approximate surface area is 122 Å². The van der Waals surface area contributed by atoms with Crippen LogP contribution in [-0.4, -0.2) is 13.0 Å². The summed E-state index contributed by atoms with van der Waals surface area (Å²) in [5, 5.41) is 0. The van der Waals surface area contributed by atoms with E-state index in [9.17, 15) is 22.0 Å². The maximum absolute atomic E-state index is 12.2. The molecule has 8 heteroatoms. The van der Waals surface area contributed by atoms with Gasteiger partial charge in [0.15, 0.2) is 0 Å². The summed E-state index contributed by atoms with van der Waals surface area (Å²) in [6.45, 7) is -3.02. The number of rotatable bonds is 4. The van der Waals surface area contributed by atoms with Gasteiger partial charge in [0.25, 0.3) is 0 Å². The highest BCUT2D eigenvalue weighted by molar-refractivity contribution is 5.78. The average Bonchev–Trinajstić information content (AvgIpc) is 2.39. The predicted octanol–water partition coefficient (Wildman–Crippen LogP) is 4.44. The van der Waals surface area contributed by atoms with Crippen molar-refractivity contribution in [3.8, 4) is 22.6 Å². The fourth-order valence-electron chi connectivity index (χ4n) is 1.82. The molecule has 0 aliphatic heterocycles. The van der Waals surface area contributed by atoms with Gasteiger partial charge in [-0.3, -0.25) is 0 Å². The summed E-state index contributed by atoms with van der Waals surface area (Å²) in [5.41, 5.74) is 6.46. The van der Waals surface area contributed by atoms with Gasteiger partial charge in [0.1, 0.15) is 11.5 Å². The number of ether oxygens (including phenoxy) is 2. The third-order valence-corrected chi connectivity index (χ3v) is 2.63. The lowest BCUT2D eigenvalue weighted by Crippen LogP contribution is -2.17. The summed E-state index contributed by atoms with van der Waals surface area (Å²) in [6, 6.07) is 8.80. The number of alkyl halides is 5. The molecule has 3 nitrogen and oxygen atoms in total. The largest absolute Gasteiger partial charge is 0.573 e. The van der Waals surface area contributed by atoms with Crippen LogP contribution >= 0.6 is 0 Å². The van der Waals surface area contributed by atoms with Gasteiger partial charge < -0.3 is 15.2 Å². The number of halogens is 5. The lowest BCUT2D eigenvalue weighted by atomic mass is 10.0. The van der Waals surface area contributed by atoms with Crippen LogP contribution in [0.3, 0.4) is 0 Å². The van der Waals surface area contributed by atoms with Gasteiger partial charge in [0.2, 0.25) is 0 Å². The second-order valence-electron chi connectivity index (χ2n) is 4.20. The average molecular weight is 319 g/mol. The van der Waals surface area contributed by atoms with Crippen LogP contribution in [0.2, 0.25) is 0 Å². The van der Waals surface area contributed by atoms with E-state index >= 15 is 0 Å². The third-order valence-electron chi connectivity index (χ3n) is 2.63. The van der Waals surface area contributed by atoms with Gasteiger partial charge in [-0.1, -0.05) is 12.1 Å². The van der Waals surface area contributed by atoms with Crippen molar-refractivity contribution in [3.05, 3.63) is 42.5 Å². The van der Waals surface area contributed by atoms with Crippen LogP contribution in [0.5, 0.6) is 11.5 Å². The first-order valence-corrected chi connectivity index (χ1v) is 5.95. The smallest absolute Gasteiger partial charge is 0.435 e. The second-order valence-corrected chi connectivity index (χ2v) is 4.20. The molecule has 0 amide bonds. The molecule has 0 spiro atoms. The van der Waals surface area contributed by atoms with Gasteiger partial charge in [0.05, 0.1) is 0 Å². The molecule has 118 valence electrons. The van der Waals surface area contributed by atoms with Gasteiger partial charge in [0, 0.05) is 11.3 Å². The first kappa shape index (κ1) is 15.9. The maximum Gasteiger partial charge on any atom is 0.573 e. The molecule has 0 fully saturated rings. The summed E-state index contributed by atoms with van der Waals surface area (Å²) in [7, 11) is 0. The zero-order chi connectivity index (χ0) is 16.3. The summed E-state index contributed by atoms with van der Waals surface area (Å²) in [6.07, 6.45) is -4.83. The number of nitrogens with two attached hydrogens (primary N) is 1. The third kappa shape index (κ3) is 4.24. The van der Waals surface area contributed by atoms with E-state index in [2.05, 4.69) is 9.47 Å². The van der Waals surface area contributed by atoms with Gasteiger partial charge in [-0.25, -0.2) is 0 Å². The number of nitrogen functional groups attached to an aromatic ring is 1. The van der Waals surface area contributed by atoms with Crippen molar-refractivity contribution in [2.75, 3.05) is 5.73 Å². The van der Waals surface area contributed by atoms with Crippen LogP contribution in [-0.2, 0) is 0 Å². The molecule has 2 aromatic carbocycles. The Kier molecular flexibility index (Phi) is 4.39. The molecule has 0 radical (unpaired) electrons. The zero-order valence-corrected chi connectivity index (χ0v) is 10.9. The molecule has 2 N–H and O–H groups in total. The minimum Gasteiger partial charge on any atom is -0.435 e. The first-order valence-electron chi connectivity index (χ1n) is 5.95. The van der Waals surface area contributed by atoms with Crippen LogP contribution in [0.25, 0.3) is 11.1 Å². The standard InChI is InChI=1S/C14H10F5NO2/c15-13(16)21-9-4-5-12(20)11(7-9)8-2-1-3-10(6-8)22-14(17,18)19/h1-7,13H,20H2. The Morgan fingerprint density at radius 3 is 2.32 bits per heavy atom. The summed E-state index contributed by atoms with van der Waals surface area (Å²) < 4.78 is 69.1. The molecule has 0 heterocycles. The highest BCUT2D eigenvalue weighted by Crippen LogP contribution is 2.33. The summed E-state index contributed by atoms with van der Waals surface area (Å²) >= 11 is 0. The van der Waals surface area contributed by atoms with Crippen molar-refractivity contribution in [2.45, 2.75) is 13.0 Å². The Hall–Kier alpha value is -2.51. The summed E-state index contributed by atoms with van der Waals surface area (Å²) in [4.78, 5) is 0. The van der Waals surface area contributed by atoms with Crippen molar-refractivity contribution < 1.29 is 31.4 Å². The van der Waals surface area contributed by atoms with E-state index in [0.29, 0.717) is 0 Å². The van der Waals surface area contributed by atoms with E-state index in [-0.39, 0.29) is 22.6 Å². The van der Waals surface area contributed by atoms with Crippen LogP contribution in [0.4, 0.5) is 27.6 Å². The SMILES string of the molecule is Nc1ccc(OC(F)F)cc1-c1cccc(OC(F)(F)F)c1. The van der Waals surface area contributed by atoms with Crippen molar-refractivity contribution in [1.82, 2.24) is 0 Å². The van der Waals surface area contributed by atoms with Gasteiger partial charge >= 0.3 is 13.0 Å². The van der Waals surface area contributed by atoms with Crippen molar-refractivity contribution in [1.29, 1.82) is 0 Å². The minimum atomic E-state index is -4.83. The molecule has 2 aromatic rings. The predicted molar refractivity (Wildman–Crippen MR) is 69.6 cm³/mol. The molecule has 0 aliphatic carbocycles. The zero-order valence-electron chi connectivity index (χ0n) is 10.9. The molecule has 0 unspecified atom stereocenters. The molecule has 2 rings (SSSR count). The molecule has 22 heavy (non-hydrogen) atoms. The normalized spacial score (nSPS) is 11.5. The van der Waals surface area contributed by atoms with Crippen molar-refractivity contribution in [2.24, 2.45) is 0 Å². The Morgan fingerprint density at radius 1 is 0.955 bits per heavy atom. The molecule has 0 aromatic heterocycles. The minimum absolute atomic E-state index is 0.152. The molecule has 0 bridgehead atoms. The molecular weight excluding hydrogens is 309 g/mol. The van der Waals surface area contributed by atoms with Crippen LogP contribution in [0.1, 0.15) is 0 Å². The van der Waals surface area contributed by atoms with Gasteiger partial charge in [-0.05, 0) is 35.9 Å². The van der Waals surface area contributed by atoms with Crippen LogP contribution < -0.4 is 15.2 Å². The van der Waals surface area contributed by atoms with E-state index in [1.807, 2.05) is 0 Å². The van der Waals surface area contributed by atoms with E-state index in [0.717, 1.165) is 12.1 Å². The lowest BCUT2D eigenvalue weighted by molar-refractivity contribution is -0.274. The van der Waals surface area contributed by atoms with Crippen molar-refractivity contribution in [3.63, 3.8) is 0 Å². The molecule has 0 atom stereocenters. The quantitative estimate of drug-likeness (QED) is 0.669. The van der Waals surface area contributed by atoms with E-state index in [4.69, 9.17) is 5.73 Å². The number of hydrogen-bond acceptors (Lipinski definition) is 3. The molecule has 0 saturated carbocycles. The van der Waals surface area contributed by atoms with Gasteiger partial charge in [-0.15, -0.1) is 13.2 Å². The number of anilines is 1. The molecule has 0 saturated heterocycles. The van der Waals surface area contributed by atoms with Crippen LogP contribution in [0.15, 0.2) is 42.5 Å². The Morgan fingerprint density at radius 2 is 1.68 bits per heavy atom. The number of benzene rings is 2. The topological polar surface area (TPSA) is 44.5 Å².